The van der Waals surface area contributed by atoms with E-state index < -0.39 is 0 Å². The van der Waals surface area contributed by atoms with Crippen LogP contribution in [0.1, 0.15) is 74.1 Å². The highest BCUT2D eigenvalue weighted by Gasteiger charge is 2.28. The summed E-state index contributed by atoms with van der Waals surface area (Å²) in [7, 11) is 0. The number of rotatable bonds is 5. The Morgan fingerprint density at radius 2 is 1.97 bits per heavy atom. The first-order chi connectivity index (χ1) is 15.9. The standard InChI is InChI=1S/C26H33FN4O2/c1-16(2)20-5-4-11-31-25(20)28-17(3)21(26(31)32)10-14-30-12-8-18(9-13-30)24-22-7-6-19(27)15-23(22)33-29-24/h6-7,15-16,18,20H,4-5,8-14H2,1-3H3. The van der Waals surface area contributed by atoms with Gasteiger partial charge in [0.25, 0.3) is 5.56 Å². The van der Waals surface area contributed by atoms with Gasteiger partial charge >= 0.3 is 0 Å². The van der Waals surface area contributed by atoms with Gasteiger partial charge in [0.1, 0.15) is 11.6 Å². The second-order valence-electron chi connectivity index (χ2n) is 10.1. The van der Waals surface area contributed by atoms with Gasteiger partial charge in [-0.3, -0.25) is 9.36 Å². The maximum absolute atomic E-state index is 13.4. The Balaban J connectivity index is 1.24. The number of benzene rings is 1. The maximum atomic E-state index is 13.4. The summed E-state index contributed by atoms with van der Waals surface area (Å²) in [4.78, 5) is 20.6. The molecule has 0 bridgehead atoms. The van der Waals surface area contributed by atoms with Gasteiger partial charge in [0.15, 0.2) is 5.58 Å². The van der Waals surface area contributed by atoms with E-state index in [1.165, 1.54) is 12.1 Å². The van der Waals surface area contributed by atoms with E-state index in [-0.39, 0.29) is 11.4 Å². The van der Waals surface area contributed by atoms with Gasteiger partial charge < -0.3 is 9.42 Å². The molecule has 7 heteroatoms. The highest BCUT2D eigenvalue weighted by atomic mass is 19.1. The zero-order chi connectivity index (χ0) is 23.1. The van der Waals surface area contributed by atoms with Crippen LogP contribution in [0.4, 0.5) is 4.39 Å². The molecule has 2 aromatic heterocycles. The molecule has 1 aromatic carbocycles. The van der Waals surface area contributed by atoms with Crippen LogP contribution in [0.3, 0.4) is 0 Å². The van der Waals surface area contributed by atoms with E-state index in [4.69, 9.17) is 9.51 Å². The summed E-state index contributed by atoms with van der Waals surface area (Å²) in [6.45, 7) is 10.00. The normalized spacial score (nSPS) is 20.0. The summed E-state index contributed by atoms with van der Waals surface area (Å²) in [6.07, 6.45) is 4.87. The number of fused-ring (bicyclic) bond motifs is 2. The Kier molecular flexibility index (Phi) is 6.08. The van der Waals surface area contributed by atoms with E-state index in [9.17, 15) is 9.18 Å². The molecule has 0 spiro atoms. The lowest BCUT2D eigenvalue weighted by Crippen LogP contribution is -2.38. The van der Waals surface area contributed by atoms with Crippen LogP contribution < -0.4 is 5.56 Å². The predicted octanol–water partition coefficient (Wildman–Crippen LogP) is 4.79. The Labute approximate surface area is 193 Å². The van der Waals surface area contributed by atoms with Crippen LogP contribution in [0.15, 0.2) is 27.5 Å². The molecule has 0 aliphatic carbocycles. The van der Waals surface area contributed by atoms with E-state index in [0.717, 1.165) is 86.4 Å². The number of likely N-dealkylation sites (tertiary alicyclic amines) is 1. The summed E-state index contributed by atoms with van der Waals surface area (Å²) >= 11 is 0. The molecule has 0 saturated carbocycles. The second-order valence-corrected chi connectivity index (χ2v) is 10.1. The Morgan fingerprint density at radius 3 is 2.73 bits per heavy atom. The van der Waals surface area contributed by atoms with Crippen molar-refractivity contribution in [3.8, 4) is 0 Å². The van der Waals surface area contributed by atoms with Crippen LogP contribution in [0.5, 0.6) is 0 Å². The van der Waals surface area contributed by atoms with Crippen LogP contribution in [0.2, 0.25) is 0 Å². The molecule has 176 valence electrons. The molecule has 1 fully saturated rings. The summed E-state index contributed by atoms with van der Waals surface area (Å²) < 4.78 is 20.8. The van der Waals surface area contributed by atoms with Gasteiger partial charge in [-0.15, -0.1) is 0 Å². The summed E-state index contributed by atoms with van der Waals surface area (Å²) in [6, 6.07) is 4.64. The number of piperidine rings is 1. The Morgan fingerprint density at radius 1 is 1.18 bits per heavy atom. The zero-order valence-corrected chi connectivity index (χ0v) is 19.8. The monoisotopic (exact) mass is 452 g/mol. The van der Waals surface area contributed by atoms with Crippen LogP contribution >= 0.6 is 0 Å². The number of nitrogens with zero attached hydrogens (tertiary/aromatic N) is 4. The predicted molar refractivity (Wildman–Crippen MR) is 126 cm³/mol. The van der Waals surface area contributed by atoms with E-state index in [1.807, 2.05) is 11.5 Å². The van der Waals surface area contributed by atoms with Crippen molar-refractivity contribution in [3.63, 3.8) is 0 Å². The largest absolute Gasteiger partial charge is 0.356 e. The third-order valence-electron chi connectivity index (χ3n) is 7.65. The smallest absolute Gasteiger partial charge is 0.256 e. The molecule has 5 rings (SSSR count). The molecule has 2 aliphatic heterocycles. The van der Waals surface area contributed by atoms with Crippen LogP contribution in [0, 0.1) is 18.7 Å². The van der Waals surface area contributed by atoms with E-state index in [0.29, 0.717) is 23.3 Å². The van der Waals surface area contributed by atoms with Gasteiger partial charge in [0.05, 0.1) is 5.69 Å². The van der Waals surface area contributed by atoms with Gasteiger partial charge in [0.2, 0.25) is 0 Å². The number of aryl methyl sites for hydroxylation is 1. The fourth-order valence-corrected chi connectivity index (χ4v) is 5.66. The van der Waals surface area contributed by atoms with Gasteiger partial charge in [-0.2, -0.15) is 0 Å². The van der Waals surface area contributed by atoms with Crippen molar-refractivity contribution < 1.29 is 8.91 Å². The molecule has 0 amide bonds. The lowest BCUT2D eigenvalue weighted by atomic mass is 9.87. The Hall–Kier alpha value is -2.54. The fraction of sp³-hybridized carbons (Fsp3) is 0.577. The van der Waals surface area contributed by atoms with Crippen molar-refractivity contribution >= 4 is 11.0 Å². The van der Waals surface area contributed by atoms with Crippen molar-refractivity contribution in [2.45, 2.75) is 71.3 Å². The van der Waals surface area contributed by atoms with E-state index in [1.54, 1.807) is 6.07 Å². The van der Waals surface area contributed by atoms with Crippen molar-refractivity contribution in [3.05, 3.63) is 57.1 Å². The van der Waals surface area contributed by atoms with E-state index in [2.05, 4.69) is 23.9 Å². The van der Waals surface area contributed by atoms with Crippen LogP contribution in [-0.2, 0) is 13.0 Å². The Bertz CT molecular complexity index is 1210. The highest BCUT2D eigenvalue weighted by molar-refractivity contribution is 5.79. The third-order valence-corrected chi connectivity index (χ3v) is 7.65. The number of halogens is 1. The number of hydrogen-bond donors (Lipinski definition) is 0. The molecule has 2 aliphatic rings. The molecule has 0 N–H and O–H groups in total. The first kappa shape index (κ1) is 22.3. The van der Waals surface area contributed by atoms with Gasteiger partial charge in [-0.05, 0) is 70.2 Å². The SMILES string of the molecule is Cc1nc2n(c(=O)c1CCN1CCC(c3noc4cc(F)ccc34)CC1)CCCC2C(C)C. The first-order valence-corrected chi connectivity index (χ1v) is 12.3. The molecule has 1 saturated heterocycles. The molecule has 1 atom stereocenters. The summed E-state index contributed by atoms with van der Waals surface area (Å²) in [5, 5.41) is 5.16. The third kappa shape index (κ3) is 4.23. The van der Waals surface area contributed by atoms with Crippen molar-refractivity contribution in [1.82, 2.24) is 19.6 Å². The average molecular weight is 453 g/mol. The minimum Gasteiger partial charge on any atom is -0.356 e. The zero-order valence-electron chi connectivity index (χ0n) is 19.8. The maximum Gasteiger partial charge on any atom is 0.256 e. The molecular weight excluding hydrogens is 419 g/mol. The molecule has 1 unspecified atom stereocenters. The summed E-state index contributed by atoms with van der Waals surface area (Å²) in [5.41, 5.74) is 3.39. The molecular formula is C26H33FN4O2. The van der Waals surface area contributed by atoms with Crippen molar-refractivity contribution in [2.75, 3.05) is 19.6 Å². The fourth-order valence-electron chi connectivity index (χ4n) is 5.66. The van der Waals surface area contributed by atoms with Crippen molar-refractivity contribution in [2.24, 2.45) is 5.92 Å². The van der Waals surface area contributed by atoms with Gasteiger partial charge in [0, 0.05) is 47.6 Å². The summed E-state index contributed by atoms with van der Waals surface area (Å²) in [5.74, 6) is 1.88. The molecule has 33 heavy (non-hydrogen) atoms. The lowest BCUT2D eigenvalue weighted by molar-refractivity contribution is 0.211. The first-order valence-electron chi connectivity index (χ1n) is 12.3. The molecule has 4 heterocycles. The van der Waals surface area contributed by atoms with Crippen molar-refractivity contribution in [1.29, 1.82) is 0 Å². The van der Waals surface area contributed by atoms with Gasteiger partial charge in [-0.25, -0.2) is 9.37 Å². The molecule has 3 aromatic rings. The highest BCUT2D eigenvalue weighted by Crippen LogP contribution is 2.33. The van der Waals surface area contributed by atoms with Crippen LogP contribution in [-0.4, -0.2) is 39.2 Å². The lowest BCUT2D eigenvalue weighted by Gasteiger charge is -2.32. The number of aromatic nitrogens is 3. The minimum absolute atomic E-state index is 0.166. The molecule has 0 radical (unpaired) electrons. The molecule has 6 nitrogen and oxygen atoms in total. The topological polar surface area (TPSA) is 64.2 Å². The van der Waals surface area contributed by atoms with Gasteiger partial charge in [-0.1, -0.05) is 19.0 Å². The second kappa shape index (κ2) is 9.01. The number of hydrogen-bond acceptors (Lipinski definition) is 5. The minimum atomic E-state index is -0.303. The van der Waals surface area contributed by atoms with Crippen LogP contribution in [0.25, 0.3) is 11.0 Å². The quantitative estimate of drug-likeness (QED) is 0.557. The average Bonchev–Trinajstić information content (AvgIpc) is 3.22. The van der Waals surface area contributed by atoms with E-state index >= 15 is 0 Å².